The first-order chi connectivity index (χ1) is 10.1. The maximum atomic E-state index is 12.6. The average Bonchev–Trinajstić information content (AvgIpc) is 3.27. The zero-order valence-electron chi connectivity index (χ0n) is 12.5. The van der Waals surface area contributed by atoms with Gasteiger partial charge in [-0.2, -0.15) is 0 Å². The summed E-state index contributed by atoms with van der Waals surface area (Å²) in [5.41, 5.74) is 0.592. The van der Waals surface area contributed by atoms with E-state index in [1.165, 1.54) is 6.42 Å². The number of hydrogen-bond acceptors (Lipinski definition) is 3. The van der Waals surface area contributed by atoms with E-state index in [9.17, 15) is 9.90 Å². The van der Waals surface area contributed by atoms with E-state index in [0.717, 1.165) is 25.7 Å². The molecule has 1 atom stereocenters. The number of para-hydroxylation sites is 1. The molecule has 1 amide bonds. The zero-order chi connectivity index (χ0) is 14.8. The Bertz CT molecular complexity index is 509. The lowest BCUT2D eigenvalue weighted by Crippen LogP contribution is -2.35. The minimum absolute atomic E-state index is 0.0791. The van der Waals surface area contributed by atoms with Crippen molar-refractivity contribution >= 4 is 5.91 Å². The molecule has 4 nitrogen and oxygen atoms in total. The first-order valence-electron chi connectivity index (χ1n) is 7.84. The van der Waals surface area contributed by atoms with Gasteiger partial charge in [-0.25, -0.2) is 0 Å². The lowest BCUT2D eigenvalue weighted by molar-refractivity contribution is 0.0632. The second-order valence-corrected chi connectivity index (χ2v) is 6.26. The van der Waals surface area contributed by atoms with Crippen molar-refractivity contribution in [1.82, 2.24) is 4.90 Å². The molecule has 0 radical (unpaired) electrons. The number of aliphatic hydroxyl groups is 1. The Morgan fingerprint density at radius 3 is 2.67 bits per heavy atom. The third kappa shape index (κ3) is 3.38. The molecule has 1 unspecified atom stereocenters. The number of carbonyl (C=O) groups excluding carboxylic acids is 1. The second-order valence-electron chi connectivity index (χ2n) is 6.26. The molecule has 114 valence electrons. The summed E-state index contributed by atoms with van der Waals surface area (Å²) in [7, 11) is 1.74. The summed E-state index contributed by atoms with van der Waals surface area (Å²) in [6, 6.07) is 7.41. The van der Waals surface area contributed by atoms with Crippen LogP contribution in [0.4, 0.5) is 0 Å². The normalized spacial score (nSPS) is 19.7. The number of hydrogen-bond donors (Lipinski definition) is 1. The van der Waals surface area contributed by atoms with Gasteiger partial charge in [-0.15, -0.1) is 0 Å². The van der Waals surface area contributed by atoms with E-state index in [4.69, 9.17) is 4.74 Å². The summed E-state index contributed by atoms with van der Waals surface area (Å²) >= 11 is 0. The predicted octanol–water partition coefficient (Wildman–Crippen LogP) is 2.46. The first-order valence-corrected chi connectivity index (χ1v) is 7.84. The lowest BCUT2D eigenvalue weighted by atomic mass is 9.96. The van der Waals surface area contributed by atoms with Crippen molar-refractivity contribution in [2.45, 2.75) is 44.3 Å². The highest BCUT2D eigenvalue weighted by Crippen LogP contribution is 2.33. The summed E-state index contributed by atoms with van der Waals surface area (Å²) in [5, 5.41) is 9.99. The number of rotatable bonds is 6. The summed E-state index contributed by atoms with van der Waals surface area (Å²) in [5.74, 6) is 0.964. The highest BCUT2D eigenvalue weighted by molar-refractivity contribution is 5.96. The molecule has 1 N–H and O–H groups in total. The fourth-order valence-electron chi connectivity index (χ4n) is 2.61. The van der Waals surface area contributed by atoms with E-state index in [1.807, 2.05) is 18.2 Å². The molecule has 21 heavy (non-hydrogen) atoms. The van der Waals surface area contributed by atoms with Gasteiger partial charge in [0, 0.05) is 13.6 Å². The van der Waals surface area contributed by atoms with Crippen LogP contribution in [0.1, 0.15) is 42.5 Å². The molecule has 0 aromatic heterocycles. The van der Waals surface area contributed by atoms with E-state index >= 15 is 0 Å². The van der Waals surface area contributed by atoms with Crippen molar-refractivity contribution in [1.29, 1.82) is 0 Å². The number of aliphatic hydroxyl groups excluding tert-OH is 1. The van der Waals surface area contributed by atoms with Gasteiger partial charge in [0.05, 0.1) is 17.8 Å². The van der Waals surface area contributed by atoms with Crippen molar-refractivity contribution in [3.63, 3.8) is 0 Å². The van der Waals surface area contributed by atoms with E-state index in [0.29, 0.717) is 23.8 Å². The average molecular weight is 289 g/mol. The molecular weight excluding hydrogens is 266 g/mol. The number of nitrogens with zero attached hydrogens (tertiary/aromatic N) is 1. The summed E-state index contributed by atoms with van der Waals surface area (Å²) < 4.78 is 5.91. The Balaban J connectivity index is 1.67. The highest BCUT2D eigenvalue weighted by atomic mass is 16.5. The molecule has 1 aromatic carbocycles. The maximum Gasteiger partial charge on any atom is 0.257 e. The Labute approximate surface area is 125 Å². The zero-order valence-corrected chi connectivity index (χ0v) is 12.5. The van der Waals surface area contributed by atoms with E-state index in [2.05, 4.69) is 0 Å². The van der Waals surface area contributed by atoms with Gasteiger partial charge in [0.25, 0.3) is 5.91 Å². The molecule has 2 saturated carbocycles. The lowest BCUT2D eigenvalue weighted by Gasteiger charge is -2.28. The fraction of sp³-hybridized carbons (Fsp3) is 0.588. The van der Waals surface area contributed by atoms with Crippen LogP contribution in [0.25, 0.3) is 0 Å². The first kappa shape index (κ1) is 14.4. The van der Waals surface area contributed by atoms with Crippen molar-refractivity contribution in [3.05, 3.63) is 29.8 Å². The minimum Gasteiger partial charge on any atom is -0.490 e. The maximum absolute atomic E-state index is 12.6. The Morgan fingerprint density at radius 2 is 2.05 bits per heavy atom. The second kappa shape index (κ2) is 6.06. The van der Waals surface area contributed by atoms with E-state index in [1.54, 1.807) is 18.0 Å². The molecule has 4 heteroatoms. The Hall–Kier alpha value is -1.55. The van der Waals surface area contributed by atoms with Gasteiger partial charge in [0.15, 0.2) is 0 Å². The number of amides is 1. The van der Waals surface area contributed by atoms with Crippen LogP contribution in [-0.2, 0) is 0 Å². The summed E-state index contributed by atoms with van der Waals surface area (Å²) in [6.45, 7) is 0.390. The third-order valence-corrected chi connectivity index (χ3v) is 4.44. The van der Waals surface area contributed by atoms with E-state index in [-0.39, 0.29) is 12.0 Å². The van der Waals surface area contributed by atoms with Gasteiger partial charge in [0.1, 0.15) is 5.75 Å². The smallest absolute Gasteiger partial charge is 0.257 e. The number of benzene rings is 1. The van der Waals surface area contributed by atoms with Crippen LogP contribution in [0, 0.1) is 5.92 Å². The molecule has 3 rings (SSSR count). The van der Waals surface area contributed by atoms with Crippen LogP contribution in [0.3, 0.4) is 0 Å². The molecule has 0 aliphatic heterocycles. The van der Waals surface area contributed by atoms with E-state index < -0.39 is 6.10 Å². The Morgan fingerprint density at radius 1 is 1.33 bits per heavy atom. The number of carbonyl (C=O) groups is 1. The molecule has 0 saturated heterocycles. The monoisotopic (exact) mass is 289 g/mol. The largest absolute Gasteiger partial charge is 0.490 e. The molecule has 0 heterocycles. The predicted molar refractivity (Wildman–Crippen MR) is 80.4 cm³/mol. The van der Waals surface area contributed by atoms with Crippen LogP contribution < -0.4 is 4.74 Å². The van der Waals surface area contributed by atoms with Gasteiger partial charge >= 0.3 is 0 Å². The standard InChI is InChI=1S/C17H23NO3/c1-18(11-15(19)12-9-10-12)17(20)14-7-2-3-8-16(14)21-13-5-4-6-13/h2-3,7-8,12-13,15,19H,4-6,9-11H2,1H3. The van der Waals surface area contributed by atoms with Gasteiger partial charge in [-0.1, -0.05) is 12.1 Å². The molecule has 2 aliphatic carbocycles. The Kier molecular flexibility index (Phi) is 4.15. The van der Waals surface area contributed by atoms with Gasteiger partial charge in [-0.05, 0) is 50.2 Å². The van der Waals surface area contributed by atoms with Crippen molar-refractivity contribution in [2.75, 3.05) is 13.6 Å². The minimum atomic E-state index is -0.404. The van der Waals surface area contributed by atoms with Gasteiger partial charge < -0.3 is 14.7 Å². The molecule has 1 aromatic rings. The van der Waals surface area contributed by atoms with Gasteiger partial charge in [0.2, 0.25) is 0 Å². The van der Waals surface area contributed by atoms with Crippen LogP contribution in [0.2, 0.25) is 0 Å². The summed E-state index contributed by atoms with van der Waals surface area (Å²) in [4.78, 5) is 14.2. The molecule has 2 aliphatic rings. The quantitative estimate of drug-likeness (QED) is 0.875. The highest BCUT2D eigenvalue weighted by Gasteiger charge is 2.31. The van der Waals surface area contributed by atoms with Gasteiger partial charge in [-0.3, -0.25) is 4.79 Å². The van der Waals surface area contributed by atoms with Crippen molar-refractivity contribution in [2.24, 2.45) is 5.92 Å². The molecule has 2 fully saturated rings. The SMILES string of the molecule is CN(CC(O)C1CC1)C(=O)c1ccccc1OC1CCC1. The third-order valence-electron chi connectivity index (χ3n) is 4.44. The van der Waals surface area contributed by atoms with Crippen molar-refractivity contribution in [3.8, 4) is 5.75 Å². The topological polar surface area (TPSA) is 49.8 Å². The van der Waals surface area contributed by atoms with Crippen LogP contribution in [0.15, 0.2) is 24.3 Å². The number of likely N-dealkylation sites (N-methyl/N-ethyl adjacent to an activating group) is 1. The summed E-state index contributed by atoms with van der Waals surface area (Å²) in [6.07, 6.45) is 5.33. The van der Waals surface area contributed by atoms with Crippen LogP contribution >= 0.6 is 0 Å². The fourth-order valence-corrected chi connectivity index (χ4v) is 2.61. The molecular formula is C17H23NO3. The molecule has 0 bridgehead atoms. The number of ether oxygens (including phenoxy) is 1. The van der Waals surface area contributed by atoms with Crippen molar-refractivity contribution < 1.29 is 14.6 Å². The molecule has 0 spiro atoms. The van der Waals surface area contributed by atoms with Crippen LogP contribution in [-0.4, -0.2) is 41.7 Å². The van der Waals surface area contributed by atoms with Crippen LogP contribution in [0.5, 0.6) is 5.75 Å².